The third kappa shape index (κ3) is 7.33. The van der Waals surface area contributed by atoms with Gasteiger partial charge in [0.15, 0.2) is 5.96 Å². The van der Waals surface area contributed by atoms with E-state index in [9.17, 15) is 29.7 Å². The van der Waals surface area contributed by atoms with Crippen LogP contribution in [0.5, 0.6) is 5.75 Å². The van der Waals surface area contributed by atoms with Crippen molar-refractivity contribution in [2.45, 2.75) is 25.5 Å². The van der Waals surface area contributed by atoms with Crippen molar-refractivity contribution in [1.82, 2.24) is 16.0 Å². The van der Waals surface area contributed by atoms with Gasteiger partial charge in [-0.15, -0.1) is 0 Å². The summed E-state index contributed by atoms with van der Waals surface area (Å²) in [4.78, 5) is 40.5. The molecule has 2 aromatic rings. The number of carboxylic acid groups (broad SMARTS) is 1. The number of carboxylic acids is 1. The highest BCUT2D eigenvalue weighted by Crippen LogP contribution is 2.32. The first kappa shape index (κ1) is 25.8. The second-order valence-corrected chi connectivity index (χ2v) is 8.43. The molecule has 0 bridgehead atoms. The highest BCUT2D eigenvalue weighted by atomic mass is 35.5. The van der Waals surface area contributed by atoms with Crippen molar-refractivity contribution in [3.8, 4) is 5.75 Å². The van der Waals surface area contributed by atoms with Crippen LogP contribution >= 0.6 is 11.6 Å². The van der Waals surface area contributed by atoms with Gasteiger partial charge in [0.05, 0.1) is 31.7 Å². The Morgan fingerprint density at radius 3 is 2.71 bits per heavy atom. The zero-order valence-corrected chi connectivity index (χ0v) is 19.6. The smallest absolute Gasteiger partial charge is 0.305 e. The molecule has 0 aromatic heterocycles. The van der Waals surface area contributed by atoms with E-state index in [0.29, 0.717) is 23.8 Å². The lowest BCUT2D eigenvalue weighted by Gasteiger charge is -2.20. The van der Waals surface area contributed by atoms with E-state index in [1.54, 1.807) is 31.2 Å². The molecule has 2 unspecified atom stereocenters. The van der Waals surface area contributed by atoms with Gasteiger partial charge in [-0.25, -0.2) is 0 Å². The minimum atomic E-state index is -1.19. The zero-order valence-electron chi connectivity index (χ0n) is 18.8. The average Bonchev–Trinajstić information content (AvgIpc) is 2.81. The number of guanidine groups is 1. The number of aromatic hydroxyl groups is 1. The van der Waals surface area contributed by atoms with Crippen LogP contribution in [0.4, 0.5) is 5.69 Å². The van der Waals surface area contributed by atoms with Crippen LogP contribution in [-0.2, 0) is 9.59 Å². The number of phenols is 1. The third-order valence-electron chi connectivity index (χ3n) is 5.15. The lowest BCUT2D eigenvalue weighted by Crippen LogP contribution is -2.42. The molecule has 12 heteroatoms. The number of anilines is 1. The Kier molecular flexibility index (Phi) is 8.50. The molecule has 2 aromatic carbocycles. The van der Waals surface area contributed by atoms with Crippen molar-refractivity contribution >= 4 is 41.0 Å². The van der Waals surface area contributed by atoms with Crippen LogP contribution in [0.25, 0.3) is 0 Å². The number of β-amino-alcohol motifs (C(OH)–C–C–N with tert-alkyl or cyclic N) is 1. The van der Waals surface area contributed by atoms with Crippen molar-refractivity contribution in [2.24, 2.45) is 4.99 Å². The largest absolute Gasteiger partial charge is 0.507 e. The molecule has 1 heterocycles. The van der Waals surface area contributed by atoms with Gasteiger partial charge in [0, 0.05) is 28.4 Å². The molecule has 11 nitrogen and oxygen atoms in total. The Morgan fingerprint density at radius 1 is 1.26 bits per heavy atom. The number of nitrogens with one attached hydrogen (secondary N) is 4. The summed E-state index contributed by atoms with van der Waals surface area (Å²) in [6, 6.07) is 8.38. The number of aliphatic carboxylic acids is 1. The number of hydrogen-bond donors (Lipinski definition) is 7. The Hall–Kier alpha value is -3.83. The fraction of sp³-hybridized carbons (Fsp3) is 0.304. The molecule has 186 valence electrons. The Bertz CT molecular complexity index is 1160. The fourth-order valence-corrected chi connectivity index (χ4v) is 3.72. The van der Waals surface area contributed by atoms with E-state index in [2.05, 4.69) is 26.3 Å². The molecule has 35 heavy (non-hydrogen) atoms. The molecular weight excluding hydrogens is 478 g/mol. The zero-order chi connectivity index (χ0) is 25.5. The van der Waals surface area contributed by atoms with Crippen LogP contribution in [0.1, 0.15) is 33.9 Å². The van der Waals surface area contributed by atoms with E-state index in [1.165, 1.54) is 12.1 Å². The van der Waals surface area contributed by atoms with Gasteiger partial charge in [-0.2, -0.15) is 0 Å². The van der Waals surface area contributed by atoms with Crippen LogP contribution in [0.3, 0.4) is 0 Å². The normalized spacial score (nSPS) is 15.9. The molecule has 0 aliphatic carbocycles. The van der Waals surface area contributed by atoms with Gasteiger partial charge < -0.3 is 36.6 Å². The van der Waals surface area contributed by atoms with Crippen molar-refractivity contribution in [1.29, 1.82) is 0 Å². The second-order valence-electron chi connectivity index (χ2n) is 7.99. The van der Waals surface area contributed by atoms with Crippen molar-refractivity contribution < 1.29 is 29.7 Å². The van der Waals surface area contributed by atoms with Crippen molar-refractivity contribution in [3.05, 3.63) is 58.1 Å². The number of benzene rings is 2. The SMILES string of the molecule is Cc1cc(Cl)cc(C(CC(=O)O)NC(=O)CNC(=O)c2cccc(NC3=NCC(O)CN3)c2)c1O. The Morgan fingerprint density at radius 2 is 2.03 bits per heavy atom. The summed E-state index contributed by atoms with van der Waals surface area (Å²) < 4.78 is 0. The first-order chi connectivity index (χ1) is 16.6. The topological polar surface area (TPSA) is 172 Å². The summed E-state index contributed by atoms with van der Waals surface area (Å²) in [5, 5.41) is 40.3. The Labute approximate surface area is 206 Å². The minimum Gasteiger partial charge on any atom is -0.507 e. The van der Waals surface area contributed by atoms with E-state index in [0.717, 1.165) is 0 Å². The highest BCUT2D eigenvalue weighted by molar-refractivity contribution is 6.30. The lowest BCUT2D eigenvalue weighted by molar-refractivity contribution is -0.137. The van der Waals surface area contributed by atoms with Crippen molar-refractivity contribution in [2.75, 3.05) is 25.0 Å². The summed E-state index contributed by atoms with van der Waals surface area (Å²) >= 11 is 6.03. The number of aliphatic hydroxyl groups is 1. The molecule has 7 N–H and O–H groups in total. The maximum atomic E-state index is 12.6. The molecule has 1 aliphatic rings. The summed E-state index contributed by atoms with van der Waals surface area (Å²) in [5.74, 6) is -2.05. The maximum Gasteiger partial charge on any atom is 0.305 e. The number of amides is 2. The molecule has 2 atom stereocenters. The van der Waals surface area contributed by atoms with Gasteiger partial charge in [0.25, 0.3) is 5.91 Å². The number of aliphatic imine (C=N–C) groups is 1. The maximum absolute atomic E-state index is 12.6. The number of phenolic OH excluding ortho intramolecular Hbond substituents is 1. The number of halogens is 1. The van der Waals surface area contributed by atoms with Crippen LogP contribution in [0.15, 0.2) is 41.4 Å². The van der Waals surface area contributed by atoms with E-state index in [4.69, 9.17) is 11.6 Å². The summed E-state index contributed by atoms with van der Waals surface area (Å²) in [5.41, 5.74) is 1.47. The van der Waals surface area contributed by atoms with Crippen LogP contribution in [-0.4, -0.2) is 64.8 Å². The monoisotopic (exact) mass is 503 g/mol. The molecule has 0 saturated heterocycles. The molecule has 0 spiro atoms. The van der Waals surface area contributed by atoms with Crippen LogP contribution in [0.2, 0.25) is 5.02 Å². The fourth-order valence-electron chi connectivity index (χ4n) is 3.44. The van der Waals surface area contributed by atoms with Gasteiger partial charge in [-0.1, -0.05) is 17.7 Å². The summed E-state index contributed by atoms with van der Waals surface area (Å²) in [7, 11) is 0. The number of nitrogens with zero attached hydrogens (tertiary/aromatic N) is 1. The van der Waals surface area contributed by atoms with Gasteiger partial charge >= 0.3 is 5.97 Å². The molecule has 1 aliphatic heterocycles. The lowest BCUT2D eigenvalue weighted by atomic mass is 10.00. The first-order valence-corrected chi connectivity index (χ1v) is 11.1. The number of carbonyl (C=O) groups is 3. The van der Waals surface area contributed by atoms with E-state index in [-0.39, 0.29) is 28.4 Å². The molecule has 0 saturated carbocycles. The van der Waals surface area contributed by atoms with Gasteiger partial charge in [-0.05, 0) is 42.8 Å². The van der Waals surface area contributed by atoms with Crippen LogP contribution < -0.4 is 21.3 Å². The predicted molar refractivity (Wildman–Crippen MR) is 130 cm³/mol. The number of rotatable bonds is 8. The van der Waals surface area contributed by atoms with Gasteiger partial charge in [-0.3, -0.25) is 19.4 Å². The van der Waals surface area contributed by atoms with Gasteiger partial charge in [0.1, 0.15) is 5.75 Å². The van der Waals surface area contributed by atoms with Gasteiger partial charge in [0.2, 0.25) is 5.91 Å². The highest BCUT2D eigenvalue weighted by Gasteiger charge is 2.23. The molecule has 2 amide bonds. The van der Waals surface area contributed by atoms with Crippen LogP contribution in [0, 0.1) is 6.92 Å². The number of carbonyl (C=O) groups excluding carboxylic acids is 2. The summed E-state index contributed by atoms with van der Waals surface area (Å²) in [6.07, 6.45) is -1.04. The van der Waals surface area contributed by atoms with E-state index in [1.807, 2.05) is 0 Å². The number of hydrogen-bond acceptors (Lipinski definition) is 8. The molecular formula is C23H26ClN5O6. The summed E-state index contributed by atoms with van der Waals surface area (Å²) in [6.45, 7) is 1.81. The number of aliphatic hydroxyl groups excluding tert-OH is 1. The van der Waals surface area contributed by atoms with Crippen molar-refractivity contribution in [3.63, 3.8) is 0 Å². The first-order valence-electron chi connectivity index (χ1n) is 10.7. The third-order valence-corrected chi connectivity index (χ3v) is 5.36. The second kappa shape index (κ2) is 11.5. The molecule has 3 rings (SSSR count). The minimum absolute atomic E-state index is 0.166. The number of aryl methyl sites for hydroxylation is 1. The molecule has 0 fully saturated rings. The quantitative estimate of drug-likeness (QED) is 0.281. The predicted octanol–water partition coefficient (Wildman–Crippen LogP) is 1.15. The Balaban J connectivity index is 1.62. The standard InChI is InChI=1S/C23H26ClN5O6/c1-12-5-14(24)7-17(21(12)34)18(8-20(32)33)29-19(31)11-25-22(35)13-3-2-4-15(6-13)28-23-26-9-16(30)10-27-23/h2-7,16,18,30,34H,8-11H2,1H3,(H,25,35)(H,29,31)(H,32,33)(H2,26,27,28). The van der Waals surface area contributed by atoms with E-state index < -0.39 is 42.9 Å². The average molecular weight is 504 g/mol. The molecule has 0 radical (unpaired) electrons. The van der Waals surface area contributed by atoms with E-state index >= 15 is 0 Å².